The van der Waals surface area contributed by atoms with Crippen molar-refractivity contribution in [2.24, 2.45) is 5.41 Å². The summed E-state index contributed by atoms with van der Waals surface area (Å²) in [5.41, 5.74) is 1.27. The molecule has 0 atom stereocenters. The van der Waals surface area contributed by atoms with Gasteiger partial charge in [-0.2, -0.15) is 4.98 Å². The topological polar surface area (TPSA) is 49.8 Å². The molecule has 1 heterocycles. The van der Waals surface area contributed by atoms with Crippen molar-refractivity contribution in [2.75, 3.05) is 23.7 Å². The van der Waals surface area contributed by atoms with Crippen LogP contribution in [0.5, 0.6) is 0 Å². The molecule has 0 aliphatic heterocycles. The quantitative estimate of drug-likeness (QED) is 0.778. The summed E-state index contributed by atoms with van der Waals surface area (Å²) in [6.07, 6.45) is 2.22. The van der Waals surface area contributed by atoms with Crippen LogP contribution in [0.4, 0.5) is 11.8 Å². The summed E-state index contributed by atoms with van der Waals surface area (Å²) in [5.74, 6) is 1.62. The number of anilines is 2. The lowest BCUT2D eigenvalue weighted by molar-refractivity contribution is 0.376. The van der Waals surface area contributed by atoms with Crippen molar-refractivity contribution in [2.45, 2.75) is 47.5 Å². The van der Waals surface area contributed by atoms with E-state index in [1.54, 1.807) is 0 Å². The Morgan fingerprint density at radius 3 is 2.50 bits per heavy atom. The minimum absolute atomic E-state index is 0.288. The van der Waals surface area contributed by atoms with Gasteiger partial charge in [0.25, 0.3) is 0 Å². The molecule has 0 aliphatic carbocycles. The third-order valence-electron chi connectivity index (χ3n) is 3.09. The van der Waals surface area contributed by atoms with E-state index in [1.165, 1.54) is 0 Å². The van der Waals surface area contributed by atoms with E-state index in [0.29, 0.717) is 5.95 Å². The second-order valence-corrected chi connectivity index (χ2v) is 5.52. The fourth-order valence-corrected chi connectivity index (χ4v) is 1.43. The molecule has 0 spiro atoms. The van der Waals surface area contributed by atoms with Crippen LogP contribution in [-0.2, 0) is 0 Å². The Morgan fingerprint density at radius 2 is 1.89 bits per heavy atom. The van der Waals surface area contributed by atoms with Gasteiger partial charge in [0.1, 0.15) is 5.82 Å². The van der Waals surface area contributed by atoms with Gasteiger partial charge < -0.3 is 10.6 Å². The normalized spacial score (nSPS) is 11.4. The highest BCUT2D eigenvalue weighted by atomic mass is 15.1. The van der Waals surface area contributed by atoms with Gasteiger partial charge in [-0.15, -0.1) is 0 Å². The fourth-order valence-electron chi connectivity index (χ4n) is 1.43. The summed E-state index contributed by atoms with van der Waals surface area (Å²) < 4.78 is 0. The van der Waals surface area contributed by atoms with Crippen molar-refractivity contribution < 1.29 is 0 Å². The molecule has 0 aromatic carbocycles. The smallest absolute Gasteiger partial charge is 0.224 e. The zero-order chi connectivity index (χ0) is 13.6. The summed E-state index contributed by atoms with van der Waals surface area (Å²) in [5, 5.41) is 6.63. The minimum atomic E-state index is 0.288. The molecule has 1 aromatic rings. The van der Waals surface area contributed by atoms with Crippen LogP contribution in [0.15, 0.2) is 6.07 Å². The third kappa shape index (κ3) is 4.90. The number of aryl methyl sites for hydroxylation is 1. The van der Waals surface area contributed by atoms with Gasteiger partial charge in [0, 0.05) is 24.8 Å². The first-order chi connectivity index (χ1) is 8.46. The number of hydrogen-bond acceptors (Lipinski definition) is 4. The Kier molecular flexibility index (Phi) is 5.38. The summed E-state index contributed by atoms with van der Waals surface area (Å²) in [6, 6.07) is 1.99. The molecule has 1 rings (SSSR count). The summed E-state index contributed by atoms with van der Waals surface area (Å²) >= 11 is 0. The van der Waals surface area contributed by atoms with Crippen LogP contribution in [0, 0.1) is 12.3 Å². The molecule has 0 saturated carbocycles. The van der Waals surface area contributed by atoms with E-state index in [9.17, 15) is 0 Å². The number of rotatable bonds is 7. The Balaban J connectivity index is 2.68. The number of aromatic nitrogens is 2. The molecular weight excluding hydrogens is 224 g/mol. The molecule has 4 nitrogen and oxygen atoms in total. The van der Waals surface area contributed by atoms with Gasteiger partial charge in [0.15, 0.2) is 0 Å². The maximum atomic E-state index is 4.48. The third-order valence-corrected chi connectivity index (χ3v) is 3.09. The highest BCUT2D eigenvalue weighted by Crippen LogP contribution is 2.20. The van der Waals surface area contributed by atoms with Crippen LogP contribution in [-0.4, -0.2) is 23.1 Å². The van der Waals surface area contributed by atoms with Crippen LogP contribution < -0.4 is 10.6 Å². The van der Waals surface area contributed by atoms with E-state index in [0.717, 1.165) is 37.4 Å². The highest BCUT2D eigenvalue weighted by molar-refractivity contribution is 5.42. The average Bonchev–Trinajstić information content (AvgIpc) is 2.33. The Labute approximate surface area is 111 Å². The van der Waals surface area contributed by atoms with Crippen LogP contribution in [0.1, 0.15) is 46.2 Å². The molecule has 102 valence electrons. The molecule has 0 unspecified atom stereocenters. The second kappa shape index (κ2) is 6.57. The van der Waals surface area contributed by atoms with Gasteiger partial charge in [0.2, 0.25) is 5.95 Å². The van der Waals surface area contributed by atoms with Crippen molar-refractivity contribution in [3.63, 3.8) is 0 Å². The maximum absolute atomic E-state index is 4.48. The molecule has 0 saturated heterocycles. The SMILES string of the molecule is CCCNc1nc(C)cc(NCC(C)(C)CC)n1. The van der Waals surface area contributed by atoms with Crippen molar-refractivity contribution in [1.29, 1.82) is 0 Å². The zero-order valence-corrected chi connectivity index (χ0v) is 12.3. The van der Waals surface area contributed by atoms with E-state index in [-0.39, 0.29) is 5.41 Å². The molecule has 4 heteroatoms. The lowest BCUT2D eigenvalue weighted by atomic mass is 9.90. The second-order valence-electron chi connectivity index (χ2n) is 5.52. The lowest BCUT2D eigenvalue weighted by Crippen LogP contribution is -2.22. The Morgan fingerprint density at radius 1 is 1.17 bits per heavy atom. The summed E-state index contributed by atoms with van der Waals surface area (Å²) in [7, 11) is 0. The molecule has 2 N–H and O–H groups in total. The van der Waals surface area contributed by atoms with Crippen LogP contribution in [0.2, 0.25) is 0 Å². The Bertz CT molecular complexity index is 374. The lowest BCUT2D eigenvalue weighted by Gasteiger charge is -2.23. The van der Waals surface area contributed by atoms with Crippen LogP contribution in [0.3, 0.4) is 0 Å². The zero-order valence-electron chi connectivity index (χ0n) is 12.3. The monoisotopic (exact) mass is 250 g/mol. The first kappa shape index (κ1) is 14.7. The van der Waals surface area contributed by atoms with Crippen molar-refractivity contribution in [1.82, 2.24) is 9.97 Å². The van der Waals surface area contributed by atoms with Gasteiger partial charge in [-0.3, -0.25) is 0 Å². The first-order valence-corrected chi connectivity index (χ1v) is 6.80. The van der Waals surface area contributed by atoms with Crippen LogP contribution >= 0.6 is 0 Å². The molecule has 0 bridgehead atoms. The predicted molar refractivity (Wildman–Crippen MR) is 78.1 cm³/mol. The van der Waals surface area contributed by atoms with Gasteiger partial charge >= 0.3 is 0 Å². The van der Waals surface area contributed by atoms with E-state index in [4.69, 9.17) is 0 Å². The highest BCUT2D eigenvalue weighted by Gasteiger charge is 2.14. The van der Waals surface area contributed by atoms with Gasteiger partial charge in [-0.1, -0.05) is 27.7 Å². The number of nitrogens with one attached hydrogen (secondary N) is 2. The molecule has 0 radical (unpaired) electrons. The average molecular weight is 250 g/mol. The van der Waals surface area contributed by atoms with Gasteiger partial charge in [-0.25, -0.2) is 4.98 Å². The first-order valence-electron chi connectivity index (χ1n) is 6.80. The molecule has 18 heavy (non-hydrogen) atoms. The van der Waals surface area contributed by atoms with E-state index < -0.39 is 0 Å². The van der Waals surface area contributed by atoms with E-state index in [2.05, 4.69) is 48.3 Å². The molecule has 1 aromatic heterocycles. The fraction of sp³-hybridized carbons (Fsp3) is 0.714. The Hall–Kier alpha value is -1.32. The van der Waals surface area contributed by atoms with Crippen LogP contribution in [0.25, 0.3) is 0 Å². The van der Waals surface area contributed by atoms with E-state index >= 15 is 0 Å². The minimum Gasteiger partial charge on any atom is -0.369 e. The maximum Gasteiger partial charge on any atom is 0.224 e. The standard InChI is InChI=1S/C14H26N4/c1-6-8-15-13-17-11(3)9-12(18-13)16-10-14(4,5)7-2/h9H,6-8,10H2,1-5H3,(H2,15,16,17,18). The summed E-state index contributed by atoms with van der Waals surface area (Å²) in [6.45, 7) is 12.7. The summed E-state index contributed by atoms with van der Waals surface area (Å²) in [4.78, 5) is 8.85. The predicted octanol–water partition coefficient (Wildman–Crippen LogP) is 3.46. The van der Waals surface area contributed by atoms with Gasteiger partial charge in [0.05, 0.1) is 0 Å². The van der Waals surface area contributed by atoms with Crippen molar-refractivity contribution >= 4 is 11.8 Å². The molecule has 0 amide bonds. The molecule has 0 aliphatic rings. The van der Waals surface area contributed by atoms with Crippen molar-refractivity contribution in [3.05, 3.63) is 11.8 Å². The number of nitrogens with zero attached hydrogens (tertiary/aromatic N) is 2. The molecule has 0 fully saturated rings. The largest absolute Gasteiger partial charge is 0.369 e. The molecular formula is C14H26N4. The van der Waals surface area contributed by atoms with Crippen molar-refractivity contribution in [3.8, 4) is 0 Å². The van der Waals surface area contributed by atoms with Gasteiger partial charge in [-0.05, 0) is 25.2 Å². The number of hydrogen-bond donors (Lipinski definition) is 2. The van der Waals surface area contributed by atoms with E-state index in [1.807, 2.05) is 13.0 Å².